The normalized spacial score (nSPS) is 13.1. The maximum Gasteiger partial charge on any atom is 0.261 e. The minimum absolute atomic E-state index is 0.285. The first kappa shape index (κ1) is 9.85. The van der Waals surface area contributed by atoms with Crippen LogP contribution in [0.1, 0.15) is 24.5 Å². The third kappa shape index (κ3) is 1.75. The molecule has 15 heavy (non-hydrogen) atoms. The van der Waals surface area contributed by atoms with E-state index >= 15 is 0 Å². The van der Waals surface area contributed by atoms with Crippen LogP contribution in [0.25, 0.3) is 11.5 Å². The maximum atomic E-state index is 9.25. The lowest BCUT2D eigenvalue weighted by Gasteiger charge is -1.91. The lowest BCUT2D eigenvalue weighted by atomic mass is 10.2. The molecule has 0 fully saturated rings. The molecule has 2 rings (SSSR count). The van der Waals surface area contributed by atoms with E-state index in [9.17, 15) is 5.11 Å². The molecule has 6 heteroatoms. The van der Waals surface area contributed by atoms with Gasteiger partial charge in [-0.3, -0.25) is 4.68 Å². The summed E-state index contributed by atoms with van der Waals surface area (Å²) in [6, 6.07) is 0. The molecule has 2 aromatic rings. The molecular formula is C9H12N4O2. The highest BCUT2D eigenvalue weighted by molar-refractivity contribution is 5.54. The Labute approximate surface area is 86.5 Å². The van der Waals surface area contributed by atoms with Gasteiger partial charge in [0.15, 0.2) is 5.82 Å². The maximum absolute atomic E-state index is 9.25. The highest BCUT2D eigenvalue weighted by atomic mass is 16.5. The zero-order valence-electron chi connectivity index (χ0n) is 8.80. The first-order chi connectivity index (χ1) is 7.08. The van der Waals surface area contributed by atoms with E-state index < -0.39 is 6.10 Å². The van der Waals surface area contributed by atoms with Gasteiger partial charge < -0.3 is 9.63 Å². The van der Waals surface area contributed by atoms with Crippen molar-refractivity contribution in [3.05, 3.63) is 17.7 Å². The molecule has 6 nitrogen and oxygen atoms in total. The van der Waals surface area contributed by atoms with Crippen LogP contribution in [0.4, 0.5) is 0 Å². The van der Waals surface area contributed by atoms with Gasteiger partial charge in [-0.1, -0.05) is 5.16 Å². The van der Waals surface area contributed by atoms with Gasteiger partial charge in [0, 0.05) is 13.2 Å². The number of hydrogen-bond acceptors (Lipinski definition) is 5. The molecule has 0 aliphatic carbocycles. The van der Waals surface area contributed by atoms with Crippen LogP contribution in [0.5, 0.6) is 0 Å². The lowest BCUT2D eigenvalue weighted by molar-refractivity contribution is 0.184. The topological polar surface area (TPSA) is 77.0 Å². The highest BCUT2D eigenvalue weighted by Crippen LogP contribution is 2.21. The Morgan fingerprint density at radius 1 is 1.53 bits per heavy atom. The summed E-state index contributed by atoms with van der Waals surface area (Å²) >= 11 is 0. The van der Waals surface area contributed by atoms with Gasteiger partial charge in [-0.2, -0.15) is 10.1 Å². The molecule has 1 N–H and O–H groups in total. The van der Waals surface area contributed by atoms with Crippen molar-refractivity contribution in [3.8, 4) is 11.5 Å². The lowest BCUT2D eigenvalue weighted by Crippen LogP contribution is -1.92. The molecule has 0 amide bonds. The zero-order chi connectivity index (χ0) is 11.0. The molecule has 2 heterocycles. The molecule has 1 unspecified atom stereocenters. The van der Waals surface area contributed by atoms with Crippen molar-refractivity contribution in [2.45, 2.75) is 20.0 Å². The molecule has 0 aromatic carbocycles. The average molecular weight is 208 g/mol. The SMILES string of the molecule is Cc1nn(C)cc1-c1nc(C(C)O)no1. The molecule has 0 spiro atoms. The number of rotatable bonds is 2. The van der Waals surface area contributed by atoms with Crippen molar-refractivity contribution in [3.63, 3.8) is 0 Å². The molecule has 0 aliphatic heterocycles. The van der Waals surface area contributed by atoms with Gasteiger partial charge in [0.25, 0.3) is 5.89 Å². The van der Waals surface area contributed by atoms with E-state index in [1.807, 2.05) is 14.0 Å². The summed E-state index contributed by atoms with van der Waals surface area (Å²) in [7, 11) is 1.82. The predicted molar refractivity (Wildman–Crippen MR) is 51.9 cm³/mol. The summed E-state index contributed by atoms with van der Waals surface area (Å²) in [6.07, 6.45) is 1.08. The fourth-order valence-corrected chi connectivity index (χ4v) is 1.32. The number of aromatic nitrogens is 4. The average Bonchev–Trinajstić information content (AvgIpc) is 2.71. The van der Waals surface area contributed by atoms with E-state index in [1.54, 1.807) is 17.8 Å². The van der Waals surface area contributed by atoms with E-state index in [0.717, 1.165) is 11.3 Å². The summed E-state index contributed by atoms with van der Waals surface area (Å²) in [6.45, 7) is 3.45. The van der Waals surface area contributed by atoms with E-state index in [1.165, 1.54) is 0 Å². The van der Waals surface area contributed by atoms with Gasteiger partial charge in [-0.15, -0.1) is 0 Å². The van der Waals surface area contributed by atoms with Crippen molar-refractivity contribution >= 4 is 0 Å². The quantitative estimate of drug-likeness (QED) is 0.791. The van der Waals surface area contributed by atoms with Crippen LogP contribution in [0.15, 0.2) is 10.7 Å². The molecule has 1 atom stereocenters. The Balaban J connectivity index is 2.41. The minimum Gasteiger partial charge on any atom is -0.385 e. The number of aliphatic hydroxyl groups is 1. The van der Waals surface area contributed by atoms with Gasteiger partial charge in [0.1, 0.15) is 6.10 Å². The molecule has 2 aromatic heterocycles. The number of hydrogen-bond donors (Lipinski definition) is 1. The highest BCUT2D eigenvalue weighted by Gasteiger charge is 2.15. The summed E-state index contributed by atoms with van der Waals surface area (Å²) in [5, 5.41) is 17.1. The second-order valence-electron chi connectivity index (χ2n) is 3.44. The summed E-state index contributed by atoms with van der Waals surface area (Å²) in [4.78, 5) is 4.07. The zero-order valence-corrected chi connectivity index (χ0v) is 8.80. The largest absolute Gasteiger partial charge is 0.385 e. The van der Waals surface area contributed by atoms with E-state index in [0.29, 0.717) is 5.89 Å². The van der Waals surface area contributed by atoms with Crippen LogP contribution in [0, 0.1) is 6.92 Å². The molecule has 0 radical (unpaired) electrons. The van der Waals surface area contributed by atoms with E-state index in [-0.39, 0.29) is 5.82 Å². The van der Waals surface area contributed by atoms with Crippen LogP contribution in [-0.4, -0.2) is 25.0 Å². The Morgan fingerprint density at radius 3 is 2.73 bits per heavy atom. The van der Waals surface area contributed by atoms with Gasteiger partial charge in [0.05, 0.1) is 11.3 Å². The molecule has 0 bridgehead atoms. The van der Waals surface area contributed by atoms with Gasteiger partial charge >= 0.3 is 0 Å². The monoisotopic (exact) mass is 208 g/mol. The smallest absolute Gasteiger partial charge is 0.261 e. The fourth-order valence-electron chi connectivity index (χ4n) is 1.32. The molecular weight excluding hydrogens is 196 g/mol. The Morgan fingerprint density at radius 2 is 2.27 bits per heavy atom. The van der Waals surface area contributed by atoms with Gasteiger partial charge in [-0.05, 0) is 13.8 Å². The molecule has 0 aliphatic rings. The summed E-state index contributed by atoms with van der Waals surface area (Å²) in [5.74, 6) is 0.671. The minimum atomic E-state index is -0.723. The van der Waals surface area contributed by atoms with Crippen LogP contribution in [-0.2, 0) is 7.05 Å². The summed E-state index contributed by atoms with van der Waals surface area (Å²) < 4.78 is 6.71. The predicted octanol–water partition coefficient (Wildman–Crippen LogP) is 0.832. The second kappa shape index (κ2) is 3.47. The molecule has 80 valence electrons. The van der Waals surface area contributed by atoms with Gasteiger partial charge in [-0.25, -0.2) is 0 Å². The van der Waals surface area contributed by atoms with Crippen LogP contribution >= 0.6 is 0 Å². The van der Waals surface area contributed by atoms with E-state index in [2.05, 4.69) is 15.2 Å². The van der Waals surface area contributed by atoms with E-state index in [4.69, 9.17) is 4.52 Å². The Bertz CT molecular complexity index is 472. The second-order valence-corrected chi connectivity index (χ2v) is 3.44. The van der Waals surface area contributed by atoms with Crippen molar-refractivity contribution in [2.24, 2.45) is 7.05 Å². The summed E-state index contributed by atoms with van der Waals surface area (Å²) in [5.41, 5.74) is 1.61. The first-order valence-corrected chi connectivity index (χ1v) is 4.60. The number of nitrogens with zero attached hydrogens (tertiary/aromatic N) is 4. The Hall–Kier alpha value is -1.69. The third-order valence-electron chi connectivity index (χ3n) is 2.06. The fraction of sp³-hybridized carbons (Fsp3) is 0.444. The van der Waals surface area contributed by atoms with Crippen molar-refractivity contribution in [1.29, 1.82) is 0 Å². The number of aliphatic hydroxyl groups excluding tert-OH is 1. The standard InChI is InChI=1S/C9H12N4O2/c1-5-7(4-13(3)11-5)9-10-8(6(2)14)12-15-9/h4,6,14H,1-3H3. The van der Waals surface area contributed by atoms with Crippen LogP contribution < -0.4 is 0 Å². The first-order valence-electron chi connectivity index (χ1n) is 4.60. The van der Waals surface area contributed by atoms with Crippen molar-refractivity contribution in [1.82, 2.24) is 19.9 Å². The van der Waals surface area contributed by atoms with Crippen LogP contribution in [0.2, 0.25) is 0 Å². The van der Waals surface area contributed by atoms with Crippen LogP contribution in [0.3, 0.4) is 0 Å². The van der Waals surface area contributed by atoms with Crippen molar-refractivity contribution in [2.75, 3.05) is 0 Å². The van der Waals surface area contributed by atoms with Crippen molar-refractivity contribution < 1.29 is 9.63 Å². The molecule has 0 saturated carbocycles. The van der Waals surface area contributed by atoms with Gasteiger partial charge in [0.2, 0.25) is 0 Å². The number of aryl methyl sites for hydroxylation is 2. The third-order valence-corrected chi connectivity index (χ3v) is 2.06. The Kier molecular flexibility index (Phi) is 2.28. The molecule has 0 saturated heterocycles.